The van der Waals surface area contributed by atoms with Crippen molar-refractivity contribution in [3.8, 4) is 0 Å². The molecule has 2 N–H and O–H groups in total. The molecular formula is C27H31N5O2. The zero-order valence-electron chi connectivity index (χ0n) is 19.9. The second-order valence-corrected chi connectivity index (χ2v) is 9.89. The van der Waals surface area contributed by atoms with Crippen molar-refractivity contribution < 1.29 is 4.79 Å². The number of aryl methyl sites for hydroxylation is 2. The Labute approximate surface area is 199 Å². The molecule has 1 saturated heterocycles. The van der Waals surface area contributed by atoms with Crippen LogP contribution in [-0.4, -0.2) is 53.0 Å². The van der Waals surface area contributed by atoms with E-state index in [9.17, 15) is 9.59 Å². The number of amides is 1. The fraction of sp³-hybridized carbons (Fsp3) is 0.444. The predicted octanol–water partition coefficient (Wildman–Crippen LogP) is 2.93. The summed E-state index contributed by atoms with van der Waals surface area (Å²) >= 11 is 0. The molecule has 7 nitrogen and oxygen atoms in total. The van der Waals surface area contributed by atoms with Crippen molar-refractivity contribution in [2.45, 2.75) is 57.7 Å². The Morgan fingerprint density at radius 3 is 2.68 bits per heavy atom. The molecule has 34 heavy (non-hydrogen) atoms. The van der Waals surface area contributed by atoms with E-state index in [0.717, 1.165) is 55.7 Å². The molecule has 1 aliphatic heterocycles. The van der Waals surface area contributed by atoms with Crippen LogP contribution >= 0.6 is 0 Å². The van der Waals surface area contributed by atoms with Crippen LogP contribution in [0.3, 0.4) is 0 Å². The minimum Gasteiger partial charge on any atom is -0.364 e. The van der Waals surface area contributed by atoms with Gasteiger partial charge < -0.3 is 15.2 Å². The molecule has 7 heteroatoms. The molecule has 1 saturated carbocycles. The number of fused-ring (bicyclic) bond motifs is 4. The van der Waals surface area contributed by atoms with Crippen molar-refractivity contribution in [2.24, 2.45) is 0 Å². The molecule has 1 aromatic carbocycles. The summed E-state index contributed by atoms with van der Waals surface area (Å²) in [4.78, 5) is 37.1. The fourth-order valence-electron chi connectivity index (χ4n) is 6.20. The van der Waals surface area contributed by atoms with Crippen LogP contribution < -0.4 is 15.8 Å². The highest BCUT2D eigenvalue weighted by molar-refractivity contribution is 5.92. The van der Waals surface area contributed by atoms with Crippen LogP contribution in [0, 0.1) is 6.92 Å². The third-order valence-corrected chi connectivity index (χ3v) is 8.25. The van der Waals surface area contributed by atoms with E-state index in [-0.39, 0.29) is 11.5 Å². The third kappa shape index (κ3) is 3.33. The first-order valence-corrected chi connectivity index (χ1v) is 12.4. The van der Waals surface area contributed by atoms with E-state index in [4.69, 9.17) is 0 Å². The highest BCUT2D eigenvalue weighted by Crippen LogP contribution is 2.38. The standard InChI is InChI=1S/C27H31N5O2/c1-16-17(6-8-20-19-4-3-5-21(19)26(33)30-25(16)20)15-31-12-13-32(24-11-10-23(24)31)18-7-9-22(29-14-18)27(34)28-2/h6-9,14,23-24H,3-5,10-13,15H2,1-2H3,(H,28,34)(H,30,33). The molecule has 2 aromatic heterocycles. The zero-order chi connectivity index (χ0) is 23.4. The summed E-state index contributed by atoms with van der Waals surface area (Å²) in [5.74, 6) is -0.157. The van der Waals surface area contributed by atoms with Gasteiger partial charge in [-0.25, -0.2) is 4.98 Å². The number of rotatable bonds is 4. The number of hydrogen-bond acceptors (Lipinski definition) is 5. The molecule has 2 atom stereocenters. The summed E-state index contributed by atoms with van der Waals surface area (Å²) in [5, 5.41) is 3.85. The van der Waals surface area contributed by atoms with E-state index in [1.54, 1.807) is 7.05 Å². The first-order valence-electron chi connectivity index (χ1n) is 12.4. The predicted molar refractivity (Wildman–Crippen MR) is 134 cm³/mol. The van der Waals surface area contributed by atoms with Crippen LogP contribution in [0.1, 0.15) is 52.0 Å². The van der Waals surface area contributed by atoms with Crippen molar-refractivity contribution in [1.29, 1.82) is 0 Å². The number of hydrogen-bond donors (Lipinski definition) is 2. The van der Waals surface area contributed by atoms with Crippen LogP contribution in [0.2, 0.25) is 0 Å². The maximum atomic E-state index is 12.6. The topological polar surface area (TPSA) is 81.3 Å². The summed E-state index contributed by atoms with van der Waals surface area (Å²) in [6, 6.07) is 9.32. The number of nitrogens with zero attached hydrogens (tertiary/aromatic N) is 3. The van der Waals surface area contributed by atoms with Crippen molar-refractivity contribution in [1.82, 2.24) is 20.2 Å². The van der Waals surface area contributed by atoms with Gasteiger partial charge in [0.25, 0.3) is 11.5 Å². The molecule has 0 radical (unpaired) electrons. The van der Waals surface area contributed by atoms with Crippen LogP contribution in [0.15, 0.2) is 35.3 Å². The molecule has 0 spiro atoms. The van der Waals surface area contributed by atoms with Crippen molar-refractivity contribution in [3.63, 3.8) is 0 Å². The maximum Gasteiger partial charge on any atom is 0.269 e. The number of pyridine rings is 2. The lowest BCUT2D eigenvalue weighted by Crippen LogP contribution is -2.64. The van der Waals surface area contributed by atoms with Crippen LogP contribution in [0.4, 0.5) is 5.69 Å². The minimum absolute atomic E-state index is 0.101. The number of aromatic amines is 1. The Morgan fingerprint density at radius 1 is 1.12 bits per heavy atom. The Hall–Kier alpha value is -3.19. The Morgan fingerprint density at radius 2 is 1.94 bits per heavy atom. The van der Waals surface area contributed by atoms with E-state index in [1.807, 2.05) is 18.3 Å². The number of carbonyl (C=O) groups is 1. The molecular weight excluding hydrogens is 426 g/mol. The van der Waals surface area contributed by atoms with Gasteiger partial charge in [0, 0.05) is 49.7 Å². The fourth-order valence-corrected chi connectivity index (χ4v) is 6.20. The monoisotopic (exact) mass is 457 g/mol. The average Bonchev–Trinajstić information content (AvgIpc) is 3.33. The number of anilines is 1. The molecule has 6 rings (SSSR count). The van der Waals surface area contributed by atoms with E-state index >= 15 is 0 Å². The summed E-state index contributed by atoms with van der Waals surface area (Å²) in [7, 11) is 1.62. The highest BCUT2D eigenvalue weighted by Gasteiger charge is 2.43. The molecule has 3 heterocycles. The average molecular weight is 458 g/mol. The number of nitrogens with one attached hydrogen (secondary N) is 2. The smallest absolute Gasteiger partial charge is 0.269 e. The van der Waals surface area contributed by atoms with E-state index < -0.39 is 0 Å². The van der Waals surface area contributed by atoms with E-state index in [2.05, 4.69) is 44.1 Å². The zero-order valence-corrected chi connectivity index (χ0v) is 19.9. The van der Waals surface area contributed by atoms with Gasteiger partial charge in [0.05, 0.1) is 17.4 Å². The highest BCUT2D eigenvalue weighted by atomic mass is 16.1. The van der Waals surface area contributed by atoms with E-state index in [1.165, 1.54) is 34.9 Å². The van der Waals surface area contributed by atoms with Crippen molar-refractivity contribution in [3.05, 3.63) is 68.8 Å². The van der Waals surface area contributed by atoms with Crippen LogP contribution in [0.25, 0.3) is 10.9 Å². The van der Waals surface area contributed by atoms with Gasteiger partial charge in [0.1, 0.15) is 5.69 Å². The van der Waals surface area contributed by atoms with Gasteiger partial charge in [0.2, 0.25) is 0 Å². The lowest BCUT2D eigenvalue weighted by atomic mass is 9.81. The summed E-state index contributed by atoms with van der Waals surface area (Å²) in [6.07, 6.45) is 7.20. The molecule has 2 aliphatic carbocycles. The normalized spacial score (nSPS) is 21.8. The molecule has 176 valence electrons. The first-order chi connectivity index (χ1) is 16.5. The number of carbonyl (C=O) groups excluding carboxylic acids is 1. The van der Waals surface area contributed by atoms with Crippen LogP contribution in [-0.2, 0) is 19.4 Å². The summed E-state index contributed by atoms with van der Waals surface area (Å²) < 4.78 is 0. The van der Waals surface area contributed by atoms with Crippen molar-refractivity contribution >= 4 is 22.5 Å². The summed E-state index contributed by atoms with van der Waals surface area (Å²) in [6.45, 7) is 4.99. The molecule has 1 amide bonds. The van der Waals surface area contributed by atoms with E-state index in [0.29, 0.717) is 17.8 Å². The number of benzene rings is 1. The second kappa shape index (κ2) is 8.24. The van der Waals surface area contributed by atoms with Gasteiger partial charge in [0.15, 0.2) is 0 Å². The van der Waals surface area contributed by atoms with Gasteiger partial charge in [-0.15, -0.1) is 0 Å². The van der Waals surface area contributed by atoms with Gasteiger partial charge in [-0.05, 0) is 67.9 Å². The maximum absolute atomic E-state index is 12.6. The SMILES string of the molecule is CNC(=O)c1ccc(N2CCN(Cc3ccc4c5c(c(=O)[nH]c4c3C)CCC5)C3CCC32)cn1. The number of H-pyrrole nitrogens is 1. The van der Waals surface area contributed by atoms with Gasteiger partial charge >= 0.3 is 0 Å². The Kier molecular flexibility index (Phi) is 5.17. The first kappa shape index (κ1) is 21.4. The molecule has 0 bridgehead atoms. The number of aromatic nitrogens is 2. The second-order valence-electron chi connectivity index (χ2n) is 9.89. The molecule has 3 aliphatic rings. The quantitative estimate of drug-likeness (QED) is 0.630. The lowest BCUT2D eigenvalue weighted by Gasteiger charge is -2.55. The summed E-state index contributed by atoms with van der Waals surface area (Å²) in [5.41, 5.74) is 7.43. The molecule has 2 unspecified atom stereocenters. The molecule has 2 fully saturated rings. The van der Waals surface area contributed by atoms with Gasteiger partial charge in [-0.3, -0.25) is 14.5 Å². The Balaban J connectivity index is 1.22. The lowest BCUT2D eigenvalue weighted by molar-refractivity contribution is 0.0658. The number of piperazine rings is 1. The van der Waals surface area contributed by atoms with Crippen LogP contribution in [0.5, 0.6) is 0 Å². The largest absolute Gasteiger partial charge is 0.364 e. The van der Waals surface area contributed by atoms with Gasteiger partial charge in [-0.2, -0.15) is 0 Å². The van der Waals surface area contributed by atoms with Gasteiger partial charge in [-0.1, -0.05) is 12.1 Å². The molecule has 3 aromatic rings. The Bertz CT molecular complexity index is 1330. The minimum atomic E-state index is -0.157. The third-order valence-electron chi connectivity index (χ3n) is 8.25. The van der Waals surface area contributed by atoms with Crippen molar-refractivity contribution in [2.75, 3.05) is 25.0 Å².